The molecule has 0 saturated carbocycles. The molecule has 0 aliphatic heterocycles. The molecule has 0 aromatic heterocycles. The van der Waals surface area contributed by atoms with E-state index in [-0.39, 0.29) is 5.69 Å². The molecule has 0 spiro atoms. The first-order chi connectivity index (χ1) is 9.04. The van der Waals surface area contributed by atoms with Gasteiger partial charge in [-0.1, -0.05) is 26.7 Å². The van der Waals surface area contributed by atoms with Gasteiger partial charge in [0.2, 0.25) is 0 Å². The number of hydrogen-bond acceptors (Lipinski definition) is 4. The van der Waals surface area contributed by atoms with Crippen molar-refractivity contribution in [2.75, 3.05) is 11.9 Å². The van der Waals surface area contributed by atoms with Gasteiger partial charge in [0.15, 0.2) is 0 Å². The fourth-order valence-electron chi connectivity index (χ4n) is 1.82. The number of anilines is 1. The van der Waals surface area contributed by atoms with E-state index in [0.717, 1.165) is 19.3 Å². The van der Waals surface area contributed by atoms with Crippen molar-refractivity contribution >= 4 is 17.7 Å². The molecule has 1 N–H and O–H groups in total. The Balaban J connectivity index is 2.57. The van der Waals surface area contributed by atoms with Crippen LogP contribution >= 0.6 is 0 Å². The van der Waals surface area contributed by atoms with Crippen LogP contribution in [0.1, 0.15) is 43.5 Å². The molecular formula is C14H20N2O3. The van der Waals surface area contributed by atoms with Gasteiger partial charge < -0.3 is 5.32 Å². The maximum atomic E-state index is 10.9. The van der Waals surface area contributed by atoms with Crippen molar-refractivity contribution in [1.29, 1.82) is 0 Å². The summed E-state index contributed by atoms with van der Waals surface area (Å²) >= 11 is 0. The lowest BCUT2D eigenvalue weighted by molar-refractivity contribution is -0.384. The van der Waals surface area contributed by atoms with Crippen LogP contribution in [0.5, 0.6) is 0 Å². The fraction of sp³-hybridized carbons (Fsp3) is 0.500. The van der Waals surface area contributed by atoms with Crippen LogP contribution < -0.4 is 5.32 Å². The molecule has 0 heterocycles. The first-order valence-corrected chi connectivity index (χ1v) is 6.52. The summed E-state index contributed by atoms with van der Waals surface area (Å²) < 4.78 is 0. The van der Waals surface area contributed by atoms with Gasteiger partial charge in [0, 0.05) is 18.2 Å². The Hall–Kier alpha value is -1.91. The summed E-state index contributed by atoms with van der Waals surface area (Å²) in [7, 11) is 0. The van der Waals surface area contributed by atoms with Crippen LogP contribution in [0, 0.1) is 16.0 Å². The Kier molecular flexibility index (Phi) is 5.99. The highest BCUT2D eigenvalue weighted by Crippen LogP contribution is 2.25. The zero-order valence-electron chi connectivity index (χ0n) is 11.4. The Morgan fingerprint density at radius 2 is 2.11 bits per heavy atom. The van der Waals surface area contributed by atoms with Crippen molar-refractivity contribution in [3.8, 4) is 0 Å². The summed E-state index contributed by atoms with van der Waals surface area (Å²) in [5, 5.41) is 14.0. The topological polar surface area (TPSA) is 72.2 Å². The molecular weight excluding hydrogens is 244 g/mol. The van der Waals surface area contributed by atoms with Gasteiger partial charge in [-0.3, -0.25) is 14.9 Å². The van der Waals surface area contributed by atoms with Crippen molar-refractivity contribution in [2.24, 2.45) is 5.92 Å². The van der Waals surface area contributed by atoms with Gasteiger partial charge in [-0.15, -0.1) is 0 Å². The van der Waals surface area contributed by atoms with Crippen molar-refractivity contribution in [2.45, 2.75) is 33.1 Å². The van der Waals surface area contributed by atoms with Gasteiger partial charge in [0.05, 0.1) is 4.92 Å². The lowest BCUT2D eigenvalue weighted by Crippen LogP contribution is -2.05. The first kappa shape index (κ1) is 15.1. The van der Waals surface area contributed by atoms with Crippen molar-refractivity contribution in [3.63, 3.8) is 0 Å². The molecule has 5 heteroatoms. The molecule has 0 unspecified atom stereocenters. The minimum atomic E-state index is -0.469. The molecule has 1 rings (SSSR count). The molecule has 0 bridgehead atoms. The third kappa shape index (κ3) is 5.07. The van der Waals surface area contributed by atoms with Crippen LogP contribution in [0.3, 0.4) is 0 Å². The van der Waals surface area contributed by atoms with Crippen LogP contribution in [0.15, 0.2) is 18.2 Å². The second kappa shape index (κ2) is 7.51. The highest BCUT2D eigenvalue weighted by atomic mass is 16.6. The average Bonchev–Trinajstić information content (AvgIpc) is 2.38. The van der Waals surface area contributed by atoms with Gasteiger partial charge in [0.1, 0.15) is 12.0 Å². The molecule has 0 radical (unpaired) electrons. The Morgan fingerprint density at radius 3 is 2.68 bits per heavy atom. The van der Waals surface area contributed by atoms with Crippen LogP contribution in [-0.4, -0.2) is 17.8 Å². The second-order valence-corrected chi connectivity index (χ2v) is 4.97. The van der Waals surface area contributed by atoms with Gasteiger partial charge >= 0.3 is 0 Å². The molecule has 0 atom stereocenters. The van der Waals surface area contributed by atoms with Crippen LogP contribution in [0.4, 0.5) is 11.4 Å². The molecule has 19 heavy (non-hydrogen) atoms. The van der Waals surface area contributed by atoms with Crippen LogP contribution in [0.2, 0.25) is 0 Å². The largest absolute Gasteiger partial charge is 0.379 e. The van der Waals surface area contributed by atoms with E-state index in [2.05, 4.69) is 19.2 Å². The number of carbonyl (C=O) groups is 1. The number of carbonyl (C=O) groups excluding carboxylic acids is 1. The number of nitro benzene ring substituents is 1. The maximum Gasteiger partial charge on any atom is 0.293 e. The standard InChI is InChI=1S/C14H20N2O3/c1-11(2)5-3-4-8-15-13-7-6-12(10-17)9-14(13)16(18)19/h6-7,9-11,15H,3-5,8H2,1-2H3. The molecule has 0 fully saturated rings. The minimum Gasteiger partial charge on any atom is -0.379 e. The summed E-state index contributed by atoms with van der Waals surface area (Å²) in [5.74, 6) is 0.682. The third-order valence-corrected chi connectivity index (χ3v) is 2.88. The van der Waals surface area contributed by atoms with Crippen molar-refractivity contribution < 1.29 is 9.72 Å². The molecule has 0 amide bonds. The molecule has 5 nitrogen and oxygen atoms in total. The molecule has 104 valence electrons. The number of nitro groups is 1. The summed E-state index contributed by atoms with van der Waals surface area (Å²) in [5.41, 5.74) is 0.741. The minimum absolute atomic E-state index is 0.0477. The molecule has 1 aromatic rings. The predicted octanol–water partition coefficient (Wildman–Crippen LogP) is 3.65. The summed E-state index contributed by atoms with van der Waals surface area (Å²) in [6.07, 6.45) is 3.85. The van der Waals surface area contributed by atoms with Gasteiger partial charge in [0.25, 0.3) is 5.69 Å². The Bertz CT molecular complexity index is 444. The van der Waals surface area contributed by atoms with Crippen LogP contribution in [0.25, 0.3) is 0 Å². The smallest absolute Gasteiger partial charge is 0.293 e. The molecule has 0 aliphatic rings. The van der Waals surface area contributed by atoms with Gasteiger partial charge in [-0.25, -0.2) is 0 Å². The highest BCUT2D eigenvalue weighted by Gasteiger charge is 2.13. The zero-order chi connectivity index (χ0) is 14.3. The first-order valence-electron chi connectivity index (χ1n) is 6.52. The number of benzene rings is 1. The van der Waals surface area contributed by atoms with E-state index in [9.17, 15) is 14.9 Å². The number of rotatable bonds is 8. The number of nitrogens with zero attached hydrogens (tertiary/aromatic N) is 1. The summed E-state index contributed by atoms with van der Waals surface area (Å²) in [6, 6.07) is 4.46. The van der Waals surface area contributed by atoms with Gasteiger partial charge in [-0.2, -0.15) is 0 Å². The van der Waals surface area contributed by atoms with E-state index in [1.165, 1.54) is 6.07 Å². The van der Waals surface area contributed by atoms with E-state index in [4.69, 9.17) is 0 Å². The van der Waals surface area contributed by atoms with Gasteiger partial charge in [-0.05, 0) is 24.5 Å². The maximum absolute atomic E-state index is 10.9. The van der Waals surface area contributed by atoms with E-state index in [0.29, 0.717) is 30.0 Å². The molecule has 1 aromatic carbocycles. The van der Waals surface area contributed by atoms with E-state index in [1.54, 1.807) is 12.1 Å². The molecule has 0 aliphatic carbocycles. The SMILES string of the molecule is CC(C)CCCCNc1ccc(C=O)cc1[N+](=O)[O-]. The van der Waals surface area contributed by atoms with Crippen molar-refractivity contribution in [3.05, 3.63) is 33.9 Å². The summed E-state index contributed by atoms with van der Waals surface area (Å²) in [4.78, 5) is 21.1. The lowest BCUT2D eigenvalue weighted by atomic mass is 10.1. The Morgan fingerprint density at radius 1 is 1.37 bits per heavy atom. The van der Waals surface area contributed by atoms with Crippen molar-refractivity contribution in [1.82, 2.24) is 0 Å². The average molecular weight is 264 g/mol. The Labute approximate surface area is 113 Å². The number of hydrogen-bond donors (Lipinski definition) is 1. The lowest BCUT2D eigenvalue weighted by Gasteiger charge is -2.08. The summed E-state index contributed by atoms with van der Waals surface area (Å²) in [6.45, 7) is 5.06. The fourth-order valence-corrected chi connectivity index (χ4v) is 1.82. The van der Waals surface area contributed by atoms with Crippen LogP contribution in [-0.2, 0) is 0 Å². The predicted molar refractivity (Wildman–Crippen MR) is 75.7 cm³/mol. The van der Waals surface area contributed by atoms with E-state index >= 15 is 0 Å². The van der Waals surface area contributed by atoms with E-state index in [1.807, 2.05) is 0 Å². The number of aldehydes is 1. The number of unbranched alkanes of at least 4 members (excludes halogenated alkanes) is 1. The quantitative estimate of drug-likeness (QED) is 0.337. The highest BCUT2D eigenvalue weighted by molar-refractivity contribution is 5.79. The zero-order valence-corrected chi connectivity index (χ0v) is 11.4. The molecule has 0 saturated heterocycles. The normalized spacial score (nSPS) is 10.5. The number of nitrogens with one attached hydrogen (secondary N) is 1. The third-order valence-electron chi connectivity index (χ3n) is 2.88. The van der Waals surface area contributed by atoms with E-state index < -0.39 is 4.92 Å². The second-order valence-electron chi connectivity index (χ2n) is 4.97. The monoisotopic (exact) mass is 264 g/mol.